The Balaban J connectivity index is 1.77. The molecule has 0 radical (unpaired) electrons. The van der Waals surface area contributed by atoms with Gasteiger partial charge in [0.1, 0.15) is 5.70 Å². The van der Waals surface area contributed by atoms with E-state index in [4.69, 9.17) is 0 Å². The summed E-state index contributed by atoms with van der Waals surface area (Å²) < 4.78 is 0. The Hall–Kier alpha value is -3.25. The van der Waals surface area contributed by atoms with Gasteiger partial charge in [-0.25, -0.2) is 0 Å². The van der Waals surface area contributed by atoms with Gasteiger partial charge in [-0.2, -0.15) is 0 Å². The molecule has 5 nitrogen and oxygen atoms in total. The fourth-order valence-corrected chi connectivity index (χ4v) is 3.86. The maximum atomic E-state index is 13.2. The van der Waals surface area contributed by atoms with Crippen molar-refractivity contribution in [1.29, 1.82) is 0 Å². The molecule has 0 unspecified atom stereocenters. The standard InChI is InChI=1S/C21H17N3O2S/c1-23(16-9-3-2-4-10-16)19-18(17-11-7-13-27-17)20(25)24(21(19)26)14-15-8-5-6-12-22-15/h2-13H,14H2,1H3. The van der Waals surface area contributed by atoms with Crippen LogP contribution in [-0.4, -0.2) is 28.7 Å². The summed E-state index contributed by atoms with van der Waals surface area (Å²) in [6, 6.07) is 18.8. The lowest BCUT2D eigenvalue weighted by Gasteiger charge is -2.21. The van der Waals surface area contributed by atoms with Crippen LogP contribution in [0.5, 0.6) is 0 Å². The summed E-state index contributed by atoms with van der Waals surface area (Å²) in [5.74, 6) is -0.591. The lowest BCUT2D eigenvalue weighted by molar-refractivity contribution is -0.137. The van der Waals surface area contributed by atoms with Gasteiger partial charge in [0.2, 0.25) is 0 Å². The molecule has 27 heavy (non-hydrogen) atoms. The van der Waals surface area contributed by atoms with E-state index >= 15 is 0 Å². The highest BCUT2D eigenvalue weighted by Crippen LogP contribution is 2.35. The van der Waals surface area contributed by atoms with Crippen molar-refractivity contribution < 1.29 is 9.59 Å². The van der Waals surface area contributed by atoms with Gasteiger partial charge < -0.3 is 4.90 Å². The zero-order valence-electron chi connectivity index (χ0n) is 14.7. The number of para-hydroxylation sites is 1. The van der Waals surface area contributed by atoms with Gasteiger partial charge >= 0.3 is 0 Å². The number of pyridine rings is 1. The van der Waals surface area contributed by atoms with E-state index in [1.807, 2.05) is 67.0 Å². The van der Waals surface area contributed by atoms with E-state index in [0.717, 1.165) is 10.6 Å². The molecular weight excluding hydrogens is 358 g/mol. The summed E-state index contributed by atoms with van der Waals surface area (Å²) in [5, 5.41) is 1.90. The Morgan fingerprint density at radius 3 is 2.41 bits per heavy atom. The normalized spacial score (nSPS) is 14.2. The number of hydrogen-bond acceptors (Lipinski definition) is 5. The Bertz CT molecular complexity index is 998. The molecule has 3 aromatic rings. The predicted molar refractivity (Wildman–Crippen MR) is 106 cm³/mol. The number of hydrogen-bond donors (Lipinski definition) is 0. The smallest absolute Gasteiger partial charge is 0.278 e. The first kappa shape index (κ1) is 17.2. The molecule has 0 saturated carbocycles. The van der Waals surface area contributed by atoms with Crippen molar-refractivity contribution in [3.63, 3.8) is 0 Å². The third-order valence-corrected chi connectivity index (χ3v) is 5.32. The highest BCUT2D eigenvalue weighted by atomic mass is 32.1. The minimum absolute atomic E-state index is 0.152. The number of carbonyl (C=O) groups excluding carboxylic acids is 2. The summed E-state index contributed by atoms with van der Waals surface area (Å²) >= 11 is 1.45. The first-order chi connectivity index (χ1) is 13.2. The average Bonchev–Trinajstić information content (AvgIpc) is 3.31. The van der Waals surface area contributed by atoms with Gasteiger partial charge in [-0.3, -0.25) is 19.5 Å². The Morgan fingerprint density at radius 2 is 1.74 bits per heavy atom. The first-order valence-electron chi connectivity index (χ1n) is 8.50. The second-order valence-electron chi connectivity index (χ2n) is 6.11. The largest absolute Gasteiger partial charge is 0.339 e. The van der Waals surface area contributed by atoms with Crippen LogP contribution in [0.15, 0.2) is 77.9 Å². The molecular formula is C21H17N3O2S. The molecule has 3 heterocycles. The number of nitrogens with zero attached hydrogens (tertiary/aromatic N) is 3. The summed E-state index contributed by atoms with van der Waals surface area (Å²) in [4.78, 5) is 34.5. The number of rotatable bonds is 5. The predicted octanol–water partition coefficient (Wildman–Crippen LogP) is 3.56. The molecule has 1 aliphatic heterocycles. The zero-order chi connectivity index (χ0) is 18.8. The summed E-state index contributed by atoms with van der Waals surface area (Å²) in [6.07, 6.45) is 1.66. The Morgan fingerprint density at radius 1 is 0.963 bits per heavy atom. The molecule has 6 heteroatoms. The van der Waals surface area contributed by atoms with Crippen molar-refractivity contribution in [2.24, 2.45) is 0 Å². The van der Waals surface area contributed by atoms with Crippen LogP contribution >= 0.6 is 11.3 Å². The number of carbonyl (C=O) groups is 2. The lowest BCUT2D eigenvalue weighted by atomic mass is 10.1. The lowest BCUT2D eigenvalue weighted by Crippen LogP contribution is -2.34. The topological polar surface area (TPSA) is 53.5 Å². The third-order valence-electron chi connectivity index (χ3n) is 4.44. The van der Waals surface area contributed by atoms with Crippen LogP contribution in [-0.2, 0) is 16.1 Å². The monoisotopic (exact) mass is 375 g/mol. The van der Waals surface area contributed by atoms with Crippen molar-refractivity contribution in [3.8, 4) is 0 Å². The minimum atomic E-state index is -0.305. The minimum Gasteiger partial charge on any atom is -0.339 e. The van der Waals surface area contributed by atoms with E-state index in [0.29, 0.717) is 17.0 Å². The SMILES string of the molecule is CN(C1=C(c2cccs2)C(=O)N(Cc2ccccn2)C1=O)c1ccccc1. The Labute approximate surface area is 161 Å². The summed E-state index contributed by atoms with van der Waals surface area (Å²) in [5.41, 5.74) is 2.36. The fraction of sp³-hybridized carbons (Fsp3) is 0.0952. The van der Waals surface area contributed by atoms with Crippen LogP contribution in [0.3, 0.4) is 0 Å². The van der Waals surface area contributed by atoms with Crippen molar-refractivity contribution >= 4 is 34.4 Å². The maximum Gasteiger partial charge on any atom is 0.278 e. The second-order valence-corrected chi connectivity index (χ2v) is 7.06. The molecule has 0 spiro atoms. The van der Waals surface area contributed by atoms with Gasteiger partial charge in [0.15, 0.2) is 0 Å². The number of imide groups is 1. The van der Waals surface area contributed by atoms with Gasteiger partial charge in [-0.1, -0.05) is 30.3 Å². The molecule has 0 aliphatic carbocycles. The van der Waals surface area contributed by atoms with E-state index < -0.39 is 0 Å². The Kier molecular flexibility index (Phi) is 4.56. The molecule has 1 aliphatic rings. The number of anilines is 1. The highest BCUT2D eigenvalue weighted by molar-refractivity contribution is 7.11. The van der Waals surface area contributed by atoms with Crippen LogP contribution in [0.1, 0.15) is 10.6 Å². The van der Waals surface area contributed by atoms with Crippen molar-refractivity contribution in [1.82, 2.24) is 9.88 Å². The van der Waals surface area contributed by atoms with Crippen molar-refractivity contribution in [3.05, 3.63) is 88.5 Å². The van der Waals surface area contributed by atoms with Crippen molar-refractivity contribution in [2.45, 2.75) is 6.54 Å². The molecule has 2 amide bonds. The van der Waals surface area contributed by atoms with E-state index in [1.54, 1.807) is 17.2 Å². The van der Waals surface area contributed by atoms with Gasteiger partial charge in [-0.05, 0) is 35.7 Å². The average molecular weight is 375 g/mol. The fourth-order valence-electron chi connectivity index (χ4n) is 3.10. The van der Waals surface area contributed by atoms with Crippen LogP contribution in [0.25, 0.3) is 5.57 Å². The van der Waals surface area contributed by atoms with Crippen LogP contribution < -0.4 is 4.90 Å². The molecule has 2 aromatic heterocycles. The molecule has 4 rings (SSSR count). The van der Waals surface area contributed by atoms with Crippen LogP contribution in [0.2, 0.25) is 0 Å². The highest BCUT2D eigenvalue weighted by Gasteiger charge is 2.41. The van der Waals surface area contributed by atoms with Gasteiger partial charge in [0, 0.05) is 23.8 Å². The molecule has 0 saturated heterocycles. The maximum absolute atomic E-state index is 13.2. The second kappa shape index (κ2) is 7.17. The molecule has 134 valence electrons. The quantitative estimate of drug-likeness (QED) is 0.640. The zero-order valence-corrected chi connectivity index (χ0v) is 15.5. The molecule has 0 bridgehead atoms. The van der Waals surface area contributed by atoms with E-state index in [2.05, 4.69) is 4.98 Å². The third kappa shape index (κ3) is 3.15. The first-order valence-corrected chi connectivity index (χ1v) is 9.38. The molecule has 0 N–H and O–H groups in total. The molecule has 0 fully saturated rings. The van der Waals surface area contributed by atoms with E-state index in [-0.39, 0.29) is 18.4 Å². The van der Waals surface area contributed by atoms with Gasteiger partial charge in [0.25, 0.3) is 11.8 Å². The van der Waals surface area contributed by atoms with E-state index in [9.17, 15) is 9.59 Å². The number of likely N-dealkylation sites (N-methyl/N-ethyl adjacent to an activating group) is 1. The number of thiophene rings is 1. The van der Waals surface area contributed by atoms with Crippen LogP contribution in [0, 0.1) is 0 Å². The number of amides is 2. The van der Waals surface area contributed by atoms with Gasteiger partial charge in [-0.15, -0.1) is 11.3 Å². The van der Waals surface area contributed by atoms with E-state index in [1.165, 1.54) is 16.2 Å². The number of aromatic nitrogens is 1. The molecule has 0 atom stereocenters. The summed E-state index contributed by atoms with van der Waals surface area (Å²) in [7, 11) is 1.81. The van der Waals surface area contributed by atoms with Gasteiger partial charge in [0.05, 0.1) is 17.8 Å². The number of benzene rings is 1. The van der Waals surface area contributed by atoms with Crippen LogP contribution in [0.4, 0.5) is 5.69 Å². The van der Waals surface area contributed by atoms with Crippen molar-refractivity contribution in [2.75, 3.05) is 11.9 Å². The molecule has 1 aromatic carbocycles. The summed E-state index contributed by atoms with van der Waals surface area (Å²) in [6.45, 7) is 0.152.